The maximum Gasteiger partial charge on any atom is 0.343 e. The van der Waals surface area contributed by atoms with Gasteiger partial charge in [0.25, 0.3) is 11.8 Å². The van der Waals surface area contributed by atoms with E-state index in [2.05, 4.69) is 15.8 Å². The summed E-state index contributed by atoms with van der Waals surface area (Å²) in [5.74, 6) is -0.958. The summed E-state index contributed by atoms with van der Waals surface area (Å²) in [7, 11) is 1.43. The number of benzene rings is 3. The van der Waals surface area contributed by atoms with Crippen molar-refractivity contribution in [2.75, 3.05) is 20.3 Å². The summed E-state index contributed by atoms with van der Waals surface area (Å²) in [5.41, 5.74) is 3.42. The highest BCUT2D eigenvalue weighted by Crippen LogP contribution is 2.28. The number of ether oxygens (including phenoxy) is 3. The molecule has 186 valence electrons. The summed E-state index contributed by atoms with van der Waals surface area (Å²) >= 11 is 0. The standard InChI is InChI=1S/C26H24FN3O6/c1-3-35-21-11-7-19(8-12-21)26(33)36-22-13-4-17(14-23(22)34-2)15-29-30-24(31)16-28-25(32)18-5-9-20(27)10-6-18/h4-15H,3,16H2,1-2H3,(H,28,32)(H,30,31)/b29-15+. The van der Waals surface area contributed by atoms with Crippen molar-refractivity contribution in [2.24, 2.45) is 5.10 Å². The largest absolute Gasteiger partial charge is 0.494 e. The lowest BCUT2D eigenvalue weighted by molar-refractivity contribution is -0.120. The van der Waals surface area contributed by atoms with Crippen LogP contribution in [-0.2, 0) is 4.79 Å². The average molecular weight is 493 g/mol. The number of hydrogen-bond donors (Lipinski definition) is 2. The molecule has 0 spiro atoms. The fourth-order valence-electron chi connectivity index (χ4n) is 2.94. The van der Waals surface area contributed by atoms with Gasteiger partial charge in [0.05, 0.1) is 32.0 Å². The Morgan fingerprint density at radius 3 is 2.31 bits per heavy atom. The van der Waals surface area contributed by atoms with Crippen molar-refractivity contribution in [1.82, 2.24) is 10.7 Å². The number of methoxy groups -OCH3 is 1. The van der Waals surface area contributed by atoms with Crippen LogP contribution in [0.5, 0.6) is 17.2 Å². The molecule has 2 amide bonds. The first-order valence-electron chi connectivity index (χ1n) is 10.9. The number of esters is 1. The third-order valence-corrected chi connectivity index (χ3v) is 4.71. The monoisotopic (exact) mass is 493 g/mol. The minimum absolute atomic E-state index is 0.209. The number of rotatable bonds is 10. The van der Waals surface area contributed by atoms with Crippen LogP contribution in [-0.4, -0.2) is 44.3 Å². The lowest BCUT2D eigenvalue weighted by Gasteiger charge is -2.10. The minimum Gasteiger partial charge on any atom is -0.494 e. The van der Waals surface area contributed by atoms with E-state index in [1.54, 1.807) is 36.4 Å². The summed E-state index contributed by atoms with van der Waals surface area (Å²) in [6.45, 7) is 2.07. The Bertz CT molecular complexity index is 1240. The molecule has 0 aliphatic rings. The molecule has 0 aromatic heterocycles. The van der Waals surface area contributed by atoms with Crippen LogP contribution in [0.1, 0.15) is 33.2 Å². The van der Waals surface area contributed by atoms with E-state index in [0.29, 0.717) is 23.5 Å². The van der Waals surface area contributed by atoms with Gasteiger partial charge in [-0.2, -0.15) is 5.10 Å². The average Bonchev–Trinajstić information content (AvgIpc) is 2.89. The second kappa shape index (κ2) is 12.7. The Hall–Kier alpha value is -4.73. The van der Waals surface area contributed by atoms with Gasteiger partial charge in [0, 0.05) is 5.56 Å². The Labute approximate surface area is 206 Å². The molecule has 3 rings (SSSR count). The summed E-state index contributed by atoms with van der Waals surface area (Å²) in [6, 6.07) is 16.2. The third kappa shape index (κ3) is 7.39. The number of hydrogen-bond acceptors (Lipinski definition) is 7. The molecule has 3 aromatic rings. The van der Waals surface area contributed by atoms with Crippen molar-refractivity contribution < 1.29 is 33.0 Å². The summed E-state index contributed by atoms with van der Waals surface area (Å²) in [6.07, 6.45) is 1.36. The predicted octanol–water partition coefficient (Wildman–Crippen LogP) is 3.33. The van der Waals surface area contributed by atoms with Crippen LogP contribution in [0.3, 0.4) is 0 Å². The second-order valence-electron chi connectivity index (χ2n) is 7.24. The van der Waals surface area contributed by atoms with Crippen molar-refractivity contribution in [2.45, 2.75) is 6.92 Å². The first-order chi connectivity index (χ1) is 17.4. The molecule has 0 radical (unpaired) electrons. The van der Waals surface area contributed by atoms with Gasteiger partial charge in [-0.25, -0.2) is 14.6 Å². The Balaban J connectivity index is 1.53. The minimum atomic E-state index is -0.562. The van der Waals surface area contributed by atoms with Gasteiger partial charge in [-0.1, -0.05) is 0 Å². The van der Waals surface area contributed by atoms with E-state index in [1.165, 1.54) is 31.5 Å². The maximum absolute atomic E-state index is 12.9. The summed E-state index contributed by atoms with van der Waals surface area (Å²) in [5, 5.41) is 6.25. The van der Waals surface area contributed by atoms with Gasteiger partial charge in [-0.15, -0.1) is 0 Å². The first kappa shape index (κ1) is 25.9. The van der Waals surface area contributed by atoms with Crippen LogP contribution in [0, 0.1) is 5.82 Å². The van der Waals surface area contributed by atoms with Crippen LogP contribution in [0.15, 0.2) is 71.8 Å². The molecule has 0 unspecified atom stereocenters. The molecule has 0 heterocycles. The molecule has 0 atom stereocenters. The molecular formula is C26H24FN3O6. The quantitative estimate of drug-likeness (QED) is 0.194. The molecule has 0 saturated heterocycles. The highest BCUT2D eigenvalue weighted by molar-refractivity contribution is 5.96. The molecule has 0 aliphatic carbocycles. The molecule has 36 heavy (non-hydrogen) atoms. The molecule has 10 heteroatoms. The van der Waals surface area contributed by atoms with Gasteiger partial charge in [0.1, 0.15) is 11.6 Å². The van der Waals surface area contributed by atoms with Crippen LogP contribution >= 0.6 is 0 Å². The van der Waals surface area contributed by atoms with E-state index in [9.17, 15) is 18.8 Å². The van der Waals surface area contributed by atoms with E-state index in [1.807, 2.05) is 6.92 Å². The van der Waals surface area contributed by atoms with Crippen LogP contribution < -0.4 is 25.0 Å². The van der Waals surface area contributed by atoms with E-state index in [-0.39, 0.29) is 23.6 Å². The molecule has 3 aromatic carbocycles. The van der Waals surface area contributed by atoms with Crippen LogP contribution in [0.25, 0.3) is 0 Å². The summed E-state index contributed by atoms with van der Waals surface area (Å²) < 4.78 is 29.0. The number of carbonyl (C=O) groups is 3. The molecular weight excluding hydrogens is 469 g/mol. The van der Waals surface area contributed by atoms with Crippen LogP contribution in [0.2, 0.25) is 0 Å². The highest BCUT2D eigenvalue weighted by atomic mass is 19.1. The third-order valence-electron chi connectivity index (χ3n) is 4.71. The van der Waals surface area contributed by atoms with Gasteiger partial charge in [0.2, 0.25) is 0 Å². The van der Waals surface area contributed by atoms with Gasteiger partial charge in [-0.05, 0) is 79.2 Å². The lowest BCUT2D eigenvalue weighted by atomic mass is 10.2. The second-order valence-corrected chi connectivity index (χ2v) is 7.24. The van der Waals surface area contributed by atoms with Gasteiger partial charge in [0.15, 0.2) is 11.5 Å². The van der Waals surface area contributed by atoms with Crippen molar-refractivity contribution in [3.63, 3.8) is 0 Å². The maximum atomic E-state index is 12.9. The highest BCUT2D eigenvalue weighted by Gasteiger charge is 2.13. The zero-order valence-electron chi connectivity index (χ0n) is 19.6. The van der Waals surface area contributed by atoms with Gasteiger partial charge in [-0.3, -0.25) is 9.59 Å². The zero-order valence-corrected chi connectivity index (χ0v) is 19.6. The van der Waals surface area contributed by atoms with E-state index in [0.717, 1.165) is 12.1 Å². The SMILES string of the molecule is CCOc1ccc(C(=O)Oc2ccc(/C=N/NC(=O)CNC(=O)c3ccc(F)cc3)cc2OC)cc1. The fourth-order valence-corrected chi connectivity index (χ4v) is 2.94. The van der Waals surface area contributed by atoms with Crippen molar-refractivity contribution in [3.05, 3.63) is 89.2 Å². The number of hydrazone groups is 1. The molecule has 0 fully saturated rings. The van der Waals surface area contributed by atoms with Crippen molar-refractivity contribution >= 4 is 24.0 Å². The van der Waals surface area contributed by atoms with Gasteiger partial charge >= 0.3 is 5.97 Å². The molecule has 9 nitrogen and oxygen atoms in total. The number of halogens is 1. The first-order valence-corrected chi connectivity index (χ1v) is 10.9. The Morgan fingerprint density at radius 2 is 1.64 bits per heavy atom. The number of nitrogens with one attached hydrogen (secondary N) is 2. The number of amides is 2. The fraction of sp³-hybridized carbons (Fsp3) is 0.154. The van der Waals surface area contributed by atoms with E-state index < -0.39 is 23.6 Å². The molecule has 0 saturated carbocycles. The van der Waals surface area contributed by atoms with E-state index >= 15 is 0 Å². The lowest BCUT2D eigenvalue weighted by Crippen LogP contribution is -2.34. The topological polar surface area (TPSA) is 115 Å². The normalized spacial score (nSPS) is 10.5. The predicted molar refractivity (Wildman–Crippen MR) is 130 cm³/mol. The Morgan fingerprint density at radius 1 is 0.944 bits per heavy atom. The molecule has 2 N–H and O–H groups in total. The van der Waals surface area contributed by atoms with Crippen molar-refractivity contribution in [1.29, 1.82) is 0 Å². The van der Waals surface area contributed by atoms with E-state index in [4.69, 9.17) is 14.2 Å². The Kier molecular flexibility index (Phi) is 9.10. The van der Waals surface area contributed by atoms with Gasteiger partial charge < -0.3 is 19.5 Å². The van der Waals surface area contributed by atoms with Crippen molar-refractivity contribution in [3.8, 4) is 17.2 Å². The summed E-state index contributed by atoms with van der Waals surface area (Å²) in [4.78, 5) is 36.3. The smallest absolute Gasteiger partial charge is 0.343 e. The zero-order chi connectivity index (χ0) is 25.9. The molecule has 0 aliphatic heterocycles. The molecule has 0 bridgehead atoms. The van der Waals surface area contributed by atoms with Crippen LogP contribution in [0.4, 0.5) is 4.39 Å². The number of nitrogens with zero attached hydrogens (tertiary/aromatic N) is 1. The number of carbonyl (C=O) groups excluding carboxylic acids is 3.